The first-order chi connectivity index (χ1) is 15.7. The number of nitrogens with one attached hydrogen (secondary N) is 3. The van der Waals surface area contributed by atoms with Gasteiger partial charge in [0.2, 0.25) is 29.5 Å². The van der Waals surface area contributed by atoms with Crippen LogP contribution in [-0.4, -0.2) is 77.3 Å². The fraction of sp³-hybridized carbons (Fsp3) is 0.611. The summed E-state index contributed by atoms with van der Waals surface area (Å²) < 4.78 is 0. The van der Waals surface area contributed by atoms with Crippen LogP contribution < -0.4 is 44.6 Å². The van der Waals surface area contributed by atoms with Crippen molar-refractivity contribution in [2.45, 2.75) is 63.2 Å². The van der Waals surface area contributed by atoms with Crippen molar-refractivity contribution < 1.29 is 33.9 Å². The number of carbonyl (C=O) groups excluding carboxylic acids is 5. The molecule has 0 fully saturated rings. The average molecular weight is 488 g/mol. The van der Waals surface area contributed by atoms with Gasteiger partial charge in [0.05, 0.1) is 12.5 Å². The zero-order valence-corrected chi connectivity index (χ0v) is 18.8. The van der Waals surface area contributed by atoms with Crippen LogP contribution in [0.1, 0.15) is 39.0 Å². The molecular weight excluding hydrogens is 454 g/mol. The summed E-state index contributed by atoms with van der Waals surface area (Å²) in [6.07, 6.45) is -0.742. The molecule has 0 bridgehead atoms. The Hall–Kier alpha value is -3.95. The smallest absolute Gasteiger partial charge is 0.325 e. The summed E-state index contributed by atoms with van der Waals surface area (Å²) in [5.74, 6) is -5.63. The first-order valence-electron chi connectivity index (χ1n) is 10.3. The Bertz CT molecular complexity index is 799. The highest BCUT2D eigenvalue weighted by Crippen LogP contribution is 2.04. The van der Waals surface area contributed by atoms with Crippen LogP contribution in [0, 0.1) is 0 Å². The van der Waals surface area contributed by atoms with Crippen molar-refractivity contribution in [2.24, 2.45) is 33.7 Å². The molecule has 16 nitrogen and oxygen atoms in total. The minimum Gasteiger partial charge on any atom is -0.480 e. The highest BCUT2D eigenvalue weighted by atomic mass is 16.4. The van der Waals surface area contributed by atoms with Gasteiger partial charge in [-0.25, -0.2) is 0 Å². The molecule has 14 N–H and O–H groups in total. The first-order valence-corrected chi connectivity index (χ1v) is 10.3. The van der Waals surface area contributed by atoms with E-state index in [4.69, 9.17) is 33.8 Å². The maximum atomic E-state index is 12.9. The molecule has 0 aliphatic heterocycles. The van der Waals surface area contributed by atoms with Crippen LogP contribution in [0.15, 0.2) is 4.99 Å². The number of carboxylic acid groups (broad SMARTS) is 1. The van der Waals surface area contributed by atoms with Crippen LogP contribution in [0.25, 0.3) is 0 Å². The maximum absolute atomic E-state index is 12.9. The van der Waals surface area contributed by atoms with Gasteiger partial charge in [-0.2, -0.15) is 0 Å². The monoisotopic (exact) mass is 487 g/mol. The third-order valence-corrected chi connectivity index (χ3v) is 4.38. The van der Waals surface area contributed by atoms with Crippen molar-refractivity contribution in [2.75, 3.05) is 6.54 Å². The van der Waals surface area contributed by atoms with E-state index in [1.165, 1.54) is 6.92 Å². The van der Waals surface area contributed by atoms with Gasteiger partial charge >= 0.3 is 5.97 Å². The Morgan fingerprint density at radius 2 is 1.35 bits per heavy atom. The number of nitrogens with two attached hydrogens (primary N) is 5. The Labute approximate surface area is 195 Å². The molecule has 0 spiro atoms. The molecule has 192 valence electrons. The molecule has 4 unspecified atom stereocenters. The number of primary amides is 2. The van der Waals surface area contributed by atoms with Crippen molar-refractivity contribution >= 4 is 41.5 Å². The molecule has 0 saturated carbocycles. The van der Waals surface area contributed by atoms with Crippen molar-refractivity contribution in [1.29, 1.82) is 0 Å². The molecule has 5 amide bonds. The van der Waals surface area contributed by atoms with Crippen molar-refractivity contribution in [1.82, 2.24) is 16.0 Å². The molecule has 0 heterocycles. The molecule has 0 radical (unpaired) electrons. The van der Waals surface area contributed by atoms with Gasteiger partial charge in [0.25, 0.3) is 0 Å². The molecule has 0 aromatic rings. The minimum absolute atomic E-state index is 0.00727. The Morgan fingerprint density at radius 3 is 1.85 bits per heavy atom. The number of aliphatic imine (C=N–C) groups is 1. The number of hydrogen-bond acceptors (Lipinski definition) is 8. The van der Waals surface area contributed by atoms with Crippen molar-refractivity contribution in [3.8, 4) is 0 Å². The van der Waals surface area contributed by atoms with E-state index in [-0.39, 0.29) is 38.2 Å². The number of aliphatic carboxylic acids is 1. The predicted octanol–water partition coefficient (Wildman–Crippen LogP) is -4.93. The molecule has 34 heavy (non-hydrogen) atoms. The van der Waals surface area contributed by atoms with E-state index in [1.807, 2.05) is 0 Å². The summed E-state index contributed by atoms with van der Waals surface area (Å²) >= 11 is 0. The van der Waals surface area contributed by atoms with Crippen LogP contribution in [0.4, 0.5) is 0 Å². The molecular formula is C18H33N9O7. The van der Waals surface area contributed by atoms with Crippen LogP contribution in [0.2, 0.25) is 0 Å². The maximum Gasteiger partial charge on any atom is 0.325 e. The standard InChI is InChI=1S/C18H33N9O7/c1-8(17(33)34)25-15(31)11(4-5-12(20)28)27-16(32)10(3-2-6-24-18(22)23)26-14(30)9(19)7-13(21)29/h8-11H,2-7,19H2,1H3,(H2,20,28)(H2,21,29)(H,25,31)(H,26,30)(H,27,32)(H,33,34)(H4,22,23,24). The molecule has 0 aromatic carbocycles. The second-order valence-corrected chi connectivity index (χ2v) is 7.42. The predicted molar refractivity (Wildman–Crippen MR) is 119 cm³/mol. The number of carboxylic acids is 1. The van der Waals surface area contributed by atoms with Crippen LogP contribution >= 0.6 is 0 Å². The number of nitrogens with zero attached hydrogens (tertiary/aromatic N) is 1. The first kappa shape index (κ1) is 30.1. The van der Waals surface area contributed by atoms with E-state index in [0.717, 1.165) is 0 Å². The number of carbonyl (C=O) groups is 6. The molecule has 0 aliphatic rings. The Balaban J connectivity index is 5.53. The molecule has 0 aliphatic carbocycles. The van der Waals surface area contributed by atoms with Crippen LogP contribution in [-0.2, 0) is 28.8 Å². The number of amides is 5. The summed E-state index contributed by atoms with van der Waals surface area (Å²) in [5.41, 5.74) is 26.2. The summed E-state index contributed by atoms with van der Waals surface area (Å²) in [6, 6.07) is -5.17. The molecule has 4 atom stereocenters. The van der Waals surface area contributed by atoms with E-state index >= 15 is 0 Å². The Morgan fingerprint density at radius 1 is 0.824 bits per heavy atom. The fourth-order valence-electron chi connectivity index (χ4n) is 2.56. The summed E-state index contributed by atoms with van der Waals surface area (Å²) in [5, 5.41) is 15.9. The molecule has 16 heteroatoms. The lowest BCUT2D eigenvalue weighted by Gasteiger charge is -2.24. The van der Waals surface area contributed by atoms with E-state index in [2.05, 4.69) is 20.9 Å². The van der Waals surface area contributed by atoms with E-state index in [1.54, 1.807) is 0 Å². The number of guanidine groups is 1. The lowest BCUT2D eigenvalue weighted by molar-refractivity contribution is -0.142. The van der Waals surface area contributed by atoms with E-state index in [9.17, 15) is 28.8 Å². The highest BCUT2D eigenvalue weighted by molar-refractivity contribution is 5.95. The second kappa shape index (κ2) is 15.0. The van der Waals surface area contributed by atoms with Gasteiger partial charge in [-0.1, -0.05) is 0 Å². The normalized spacial score (nSPS) is 13.9. The van der Waals surface area contributed by atoms with Crippen LogP contribution in [0.3, 0.4) is 0 Å². The van der Waals surface area contributed by atoms with Gasteiger partial charge in [0.15, 0.2) is 5.96 Å². The fourth-order valence-corrected chi connectivity index (χ4v) is 2.56. The van der Waals surface area contributed by atoms with Gasteiger partial charge in [-0.15, -0.1) is 0 Å². The van der Waals surface area contributed by atoms with Crippen molar-refractivity contribution in [3.05, 3.63) is 0 Å². The molecule has 0 saturated heterocycles. The minimum atomic E-state index is -1.33. The lowest BCUT2D eigenvalue weighted by Crippen LogP contribution is -2.57. The van der Waals surface area contributed by atoms with Gasteiger partial charge in [0, 0.05) is 13.0 Å². The van der Waals surface area contributed by atoms with Gasteiger partial charge in [-0.05, 0) is 26.2 Å². The number of hydrogen-bond donors (Lipinski definition) is 9. The number of rotatable bonds is 16. The van der Waals surface area contributed by atoms with Gasteiger partial charge in [-0.3, -0.25) is 33.8 Å². The zero-order chi connectivity index (χ0) is 26.4. The van der Waals surface area contributed by atoms with Gasteiger partial charge < -0.3 is 49.7 Å². The lowest BCUT2D eigenvalue weighted by atomic mass is 10.1. The highest BCUT2D eigenvalue weighted by Gasteiger charge is 2.29. The topological polar surface area (TPSA) is 301 Å². The van der Waals surface area contributed by atoms with Crippen LogP contribution in [0.5, 0.6) is 0 Å². The van der Waals surface area contributed by atoms with E-state index in [0.29, 0.717) is 0 Å². The summed E-state index contributed by atoms with van der Waals surface area (Å²) in [6.45, 7) is 1.33. The third-order valence-electron chi connectivity index (χ3n) is 4.38. The Kier molecular flexibility index (Phi) is 13.2. The molecule has 0 aromatic heterocycles. The summed E-state index contributed by atoms with van der Waals surface area (Å²) in [4.78, 5) is 74.6. The quantitative estimate of drug-likeness (QED) is 0.0567. The zero-order valence-electron chi connectivity index (χ0n) is 18.8. The largest absolute Gasteiger partial charge is 0.480 e. The SMILES string of the molecule is CC(NC(=O)C(CCC(N)=O)NC(=O)C(CCCN=C(N)N)NC(=O)C(N)CC(N)=O)C(=O)O. The third kappa shape index (κ3) is 12.8. The van der Waals surface area contributed by atoms with E-state index < -0.39 is 66.1 Å². The van der Waals surface area contributed by atoms with Crippen molar-refractivity contribution in [3.63, 3.8) is 0 Å². The average Bonchev–Trinajstić information content (AvgIpc) is 2.71. The summed E-state index contributed by atoms with van der Waals surface area (Å²) in [7, 11) is 0. The van der Waals surface area contributed by atoms with Gasteiger partial charge in [0.1, 0.15) is 18.1 Å². The second-order valence-electron chi connectivity index (χ2n) is 7.42. The molecule has 0 rings (SSSR count).